The summed E-state index contributed by atoms with van der Waals surface area (Å²) in [6, 6.07) is 0. The molecule has 0 bridgehead atoms. The lowest BCUT2D eigenvalue weighted by Gasteiger charge is -2.37. The average molecular weight is 158 g/mol. The third-order valence-corrected chi connectivity index (χ3v) is 3.52. The van der Waals surface area contributed by atoms with Crippen LogP contribution in [0.5, 0.6) is 0 Å². The van der Waals surface area contributed by atoms with Crippen LogP contribution in [-0.4, -0.2) is 24.2 Å². The molecule has 0 spiro atoms. The minimum atomic E-state index is 0.654. The van der Waals surface area contributed by atoms with Crippen LogP contribution in [0, 0.1) is 5.92 Å². The highest BCUT2D eigenvalue weighted by Gasteiger charge is 2.31. The van der Waals surface area contributed by atoms with Crippen LogP contribution >= 0.6 is 11.8 Å². The summed E-state index contributed by atoms with van der Waals surface area (Å²) in [6.45, 7) is 0.992. The molecule has 0 amide bonds. The Balaban J connectivity index is 1.83. The average Bonchev–Trinajstić information content (AvgIpc) is 1.89. The molecule has 2 aliphatic rings. The van der Waals surface area contributed by atoms with Gasteiger partial charge in [-0.3, -0.25) is 0 Å². The quantitative estimate of drug-likeness (QED) is 0.532. The molecule has 1 saturated carbocycles. The van der Waals surface area contributed by atoms with Gasteiger partial charge in [-0.25, -0.2) is 0 Å². The molecular formula is C8H14OS. The zero-order valence-corrected chi connectivity index (χ0v) is 7.03. The van der Waals surface area contributed by atoms with E-state index < -0.39 is 0 Å². The maximum absolute atomic E-state index is 5.66. The lowest BCUT2D eigenvalue weighted by Crippen LogP contribution is -2.36. The van der Waals surface area contributed by atoms with Crippen molar-refractivity contribution in [3.8, 4) is 0 Å². The van der Waals surface area contributed by atoms with E-state index in [-0.39, 0.29) is 0 Å². The third kappa shape index (κ3) is 1.32. The Hall–Kier alpha value is 0.310. The van der Waals surface area contributed by atoms with E-state index in [2.05, 4.69) is 0 Å². The normalized spacial score (nSPS) is 40.8. The lowest BCUT2D eigenvalue weighted by molar-refractivity contribution is -0.0416. The molecule has 2 unspecified atom stereocenters. The van der Waals surface area contributed by atoms with Gasteiger partial charge in [-0.05, 0) is 30.9 Å². The van der Waals surface area contributed by atoms with Crippen LogP contribution in [-0.2, 0) is 4.74 Å². The van der Waals surface area contributed by atoms with Crippen molar-refractivity contribution in [3.63, 3.8) is 0 Å². The number of ether oxygens (including phenoxy) is 1. The van der Waals surface area contributed by atoms with Gasteiger partial charge in [0.05, 0.1) is 12.7 Å². The Kier molecular flexibility index (Phi) is 2.19. The molecule has 0 aromatic heterocycles. The number of thioether (sulfide) groups is 1. The van der Waals surface area contributed by atoms with Crippen molar-refractivity contribution in [1.29, 1.82) is 0 Å². The molecule has 2 atom stereocenters. The van der Waals surface area contributed by atoms with Gasteiger partial charge >= 0.3 is 0 Å². The van der Waals surface area contributed by atoms with Gasteiger partial charge in [0.25, 0.3) is 0 Å². The highest BCUT2D eigenvalue weighted by molar-refractivity contribution is 7.99. The summed E-state index contributed by atoms with van der Waals surface area (Å²) >= 11 is 2.04. The molecule has 1 saturated heterocycles. The van der Waals surface area contributed by atoms with Crippen LogP contribution in [0.4, 0.5) is 0 Å². The summed E-state index contributed by atoms with van der Waals surface area (Å²) in [5, 5.41) is 0. The predicted octanol–water partition coefficient (Wildman–Crippen LogP) is 1.92. The molecule has 2 rings (SSSR count). The standard InChI is InChI=1S/C8H14OS/c1-2-8-7(1)3-5-10-6-4-9-8/h7-8H,1-6H2. The topological polar surface area (TPSA) is 9.23 Å². The second-order valence-electron chi connectivity index (χ2n) is 3.15. The van der Waals surface area contributed by atoms with E-state index in [1.807, 2.05) is 11.8 Å². The van der Waals surface area contributed by atoms with Gasteiger partial charge in [0, 0.05) is 5.75 Å². The lowest BCUT2D eigenvalue weighted by atomic mass is 9.80. The van der Waals surface area contributed by atoms with Crippen LogP contribution < -0.4 is 0 Å². The molecule has 0 aromatic carbocycles. The molecule has 1 nitrogen and oxygen atoms in total. The molecule has 0 radical (unpaired) electrons. The number of hydrogen-bond acceptors (Lipinski definition) is 2. The first-order valence-corrected chi connectivity index (χ1v) is 5.31. The minimum absolute atomic E-state index is 0.654. The molecule has 0 aromatic rings. The first kappa shape index (κ1) is 6.99. The summed E-state index contributed by atoms with van der Waals surface area (Å²) in [7, 11) is 0. The molecule has 1 aliphatic heterocycles. The zero-order chi connectivity index (χ0) is 6.81. The Morgan fingerprint density at radius 2 is 2.10 bits per heavy atom. The molecule has 1 aliphatic carbocycles. The Labute approximate surface area is 66.5 Å². The molecule has 10 heavy (non-hydrogen) atoms. The Morgan fingerprint density at radius 3 is 2.90 bits per heavy atom. The van der Waals surface area contributed by atoms with E-state index in [9.17, 15) is 0 Å². The van der Waals surface area contributed by atoms with Crippen LogP contribution in [0.2, 0.25) is 0 Å². The number of fused-ring (bicyclic) bond motifs is 1. The number of hydrogen-bond donors (Lipinski definition) is 0. The second-order valence-corrected chi connectivity index (χ2v) is 4.37. The van der Waals surface area contributed by atoms with E-state index in [4.69, 9.17) is 4.74 Å². The first-order chi connectivity index (χ1) is 4.97. The van der Waals surface area contributed by atoms with Crippen molar-refractivity contribution in [2.75, 3.05) is 18.1 Å². The summed E-state index contributed by atoms with van der Waals surface area (Å²) in [5.74, 6) is 3.50. The largest absolute Gasteiger partial charge is 0.377 e. The van der Waals surface area contributed by atoms with Gasteiger partial charge < -0.3 is 4.74 Å². The van der Waals surface area contributed by atoms with Crippen molar-refractivity contribution in [2.24, 2.45) is 5.92 Å². The van der Waals surface area contributed by atoms with Crippen molar-refractivity contribution >= 4 is 11.8 Å². The summed E-state index contributed by atoms with van der Waals surface area (Å²) in [5.41, 5.74) is 0. The van der Waals surface area contributed by atoms with Gasteiger partial charge in [0.15, 0.2) is 0 Å². The van der Waals surface area contributed by atoms with Gasteiger partial charge in [0.2, 0.25) is 0 Å². The third-order valence-electron chi connectivity index (χ3n) is 2.54. The van der Waals surface area contributed by atoms with E-state index in [0.29, 0.717) is 6.10 Å². The van der Waals surface area contributed by atoms with Gasteiger partial charge in [0.1, 0.15) is 0 Å². The predicted molar refractivity (Wildman–Crippen MR) is 44.4 cm³/mol. The Morgan fingerprint density at radius 1 is 1.10 bits per heavy atom. The fourth-order valence-electron chi connectivity index (χ4n) is 1.68. The highest BCUT2D eigenvalue weighted by Crippen LogP contribution is 2.35. The number of rotatable bonds is 0. The van der Waals surface area contributed by atoms with Crippen molar-refractivity contribution < 1.29 is 4.74 Å². The molecule has 0 N–H and O–H groups in total. The van der Waals surface area contributed by atoms with Crippen LogP contribution in [0.15, 0.2) is 0 Å². The van der Waals surface area contributed by atoms with E-state index in [1.54, 1.807) is 0 Å². The van der Waals surface area contributed by atoms with Crippen LogP contribution in [0.25, 0.3) is 0 Å². The van der Waals surface area contributed by atoms with E-state index in [1.165, 1.54) is 30.8 Å². The fraction of sp³-hybridized carbons (Fsp3) is 1.00. The molecule has 58 valence electrons. The fourth-order valence-corrected chi connectivity index (χ4v) is 2.57. The highest BCUT2D eigenvalue weighted by atomic mass is 32.2. The second kappa shape index (κ2) is 3.14. The molecule has 2 heteroatoms. The SMILES string of the molecule is C1CSCCC2CCC2O1. The Bertz CT molecular complexity index is 102. The van der Waals surface area contributed by atoms with Crippen molar-refractivity contribution in [2.45, 2.75) is 25.4 Å². The van der Waals surface area contributed by atoms with Crippen molar-refractivity contribution in [1.82, 2.24) is 0 Å². The monoisotopic (exact) mass is 158 g/mol. The summed E-state index contributed by atoms with van der Waals surface area (Å²) in [6.07, 6.45) is 4.80. The van der Waals surface area contributed by atoms with E-state index >= 15 is 0 Å². The maximum Gasteiger partial charge on any atom is 0.0604 e. The molecule has 1 heterocycles. The van der Waals surface area contributed by atoms with Crippen LogP contribution in [0.3, 0.4) is 0 Å². The van der Waals surface area contributed by atoms with Crippen molar-refractivity contribution in [3.05, 3.63) is 0 Å². The van der Waals surface area contributed by atoms with Gasteiger partial charge in [-0.1, -0.05) is 0 Å². The van der Waals surface area contributed by atoms with Gasteiger partial charge in [-0.2, -0.15) is 11.8 Å². The zero-order valence-electron chi connectivity index (χ0n) is 6.21. The molecule has 2 fully saturated rings. The smallest absolute Gasteiger partial charge is 0.0604 e. The first-order valence-electron chi connectivity index (χ1n) is 4.16. The summed E-state index contributed by atoms with van der Waals surface area (Å²) < 4.78 is 5.66. The maximum atomic E-state index is 5.66. The molecular weight excluding hydrogens is 144 g/mol. The summed E-state index contributed by atoms with van der Waals surface area (Å²) in [4.78, 5) is 0. The minimum Gasteiger partial charge on any atom is -0.377 e. The van der Waals surface area contributed by atoms with Crippen LogP contribution in [0.1, 0.15) is 19.3 Å². The van der Waals surface area contributed by atoms with Gasteiger partial charge in [-0.15, -0.1) is 0 Å². The van der Waals surface area contributed by atoms with E-state index in [0.717, 1.165) is 12.5 Å².